The van der Waals surface area contributed by atoms with E-state index in [1.807, 2.05) is 54.6 Å². The molecule has 0 saturated heterocycles. The summed E-state index contributed by atoms with van der Waals surface area (Å²) in [4.78, 5) is 0. The largest absolute Gasteiger partial charge is 0.489 e. The van der Waals surface area contributed by atoms with Gasteiger partial charge in [0.1, 0.15) is 12.4 Å². The average molecular weight is 316 g/mol. The van der Waals surface area contributed by atoms with Gasteiger partial charge in [-0.3, -0.25) is 5.43 Å². The summed E-state index contributed by atoms with van der Waals surface area (Å²) < 4.78 is 5.77. The van der Waals surface area contributed by atoms with Crippen molar-refractivity contribution < 1.29 is 4.74 Å². The van der Waals surface area contributed by atoms with Crippen molar-refractivity contribution in [2.75, 3.05) is 5.43 Å². The van der Waals surface area contributed by atoms with Gasteiger partial charge < -0.3 is 4.74 Å². The molecule has 0 aliphatic carbocycles. The Morgan fingerprint density at radius 3 is 2.29 bits per heavy atom. The number of hydrogen-bond acceptors (Lipinski definition) is 3. The van der Waals surface area contributed by atoms with Crippen molar-refractivity contribution in [3.05, 3.63) is 95.6 Å². The molecule has 0 amide bonds. The molecule has 0 fully saturated rings. The minimum Gasteiger partial charge on any atom is -0.489 e. The predicted octanol–water partition coefficient (Wildman–Crippen LogP) is 5.02. The third kappa shape index (κ3) is 4.71. The van der Waals surface area contributed by atoms with Gasteiger partial charge in [-0.25, -0.2) is 0 Å². The topological polar surface area (TPSA) is 33.6 Å². The molecular formula is C21H20N2O. The molecule has 0 saturated carbocycles. The zero-order valence-electron chi connectivity index (χ0n) is 13.6. The first-order valence-corrected chi connectivity index (χ1v) is 7.92. The highest BCUT2D eigenvalue weighted by Crippen LogP contribution is 2.14. The molecule has 0 atom stereocenters. The maximum absolute atomic E-state index is 5.77. The van der Waals surface area contributed by atoms with E-state index in [2.05, 4.69) is 41.7 Å². The molecule has 1 N–H and O–H groups in total. The van der Waals surface area contributed by atoms with Gasteiger partial charge in [0.2, 0.25) is 0 Å². The SMILES string of the molecule is Cc1ccc(N/N=C/c2ccc(OCc3ccccc3)cc2)cc1. The second-order valence-electron chi connectivity index (χ2n) is 5.58. The van der Waals surface area contributed by atoms with Crippen molar-refractivity contribution in [3.8, 4) is 5.75 Å². The molecule has 0 heterocycles. The Morgan fingerprint density at radius 2 is 1.58 bits per heavy atom. The molecule has 3 rings (SSSR count). The van der Waals surface area contributed by atoms with Gasteiger partial charge in [-0.15, -0.1) is 0 Å². The molecular weight excluding hydrogens is 296 g/mol. The van der Waals surface area contributed by atoms with Crippen LogP contribution >= 0.6 is 0 Å². The lowest BCUT2D eigenvalue weighted by atomic mass is 10.2. The molecule has 0 bridgehead atoms. The predicted molar refractivity (Wildman–Crippen MR) is 99.6 cm³/mol. The molecule has 0 aliphatic heterocycles. The van der Waals surface area contributed by atoms with Crippen LogP contribution in [0.3, 0.4) is 0 Å². The van der Waals surface area contributed by atoms with Crippen molar-refractivity contribution in [1.29, 1.82) is 0 Å². The van der Waals surface area contributed by atoms with Crippen LogP contribution in [0.1, 0.15) is 16.7 Å². The molecule has 0 aliphatic rings. The van der Waals surface area contributed by atoms with Gasteiger partial charge in [-0.2, -0.15) is 5.10 Å². The minimum absolute atomic E-state index is 0.573. The minimum atomic E-state index is 0.573. The molecule has 3 aromatic rings. The lowest BCUT2D eigenvalue weighted by Gasteiger charge is -2.06. The van der Waals surface area contributed by atoms with E-state index >= 15 is 0 Å². The van der Waals surface area contributed by atoms with Gasteiger partial charge in [-0.1, -0.05) is 48.0 Å². The quantitative estimate of drug-likeness (QED) is 0.512. The van der Waals surface area contributed by atoms with Gasteiger partial charge in [0.15, 0.2) is 0 Å². The van der Waals surface area contributed by atoms with Gasteiger partial charge in [0.05, 0.1) is 11.9 Å². The van der Waals surface area contributed by atoms with Crippen LogP contribution in [0.25, 0.3) is 0 Å². The second-order valence-corrected chi connectivity index (χ2v) is 5.58. The summed E-state index contributed by atoms with van der Waals surface area (Å²) in [7, 11) is 0. The number of ether oxygens (including phenoxy) is 1. The van der Waals surface area contributed by atoms with Crippen molar-refractivity contribution >= 4 is 11.9 Å². The van der Waals surface area contributed by atoms with Gasteiger partial charge in [0.25, 0.3) is 0 Å². The number of hydrazone groups is 1. The highest BCUT2D eigenvalue weighted by molar-refractivity contribution is 5.80. The summed E-state index contributed by atoms with van der Waals surface area (Å²) in [5.74, 6) is 0.850. The fourth-order valence-corrected chi connectivity index (χ4v) is 2.20. The molecule has 3 aromatic carbocycles. The maximum Gasteiger partial charge on any atom is 0.119 e. The number of nitrogens with one attached hydrogen (secondary N) is 1. The fourth-order valence-electron chi connectivity index (χ4n) is 2.20. The third-order valence-electron chi connectivity index (χ3n) is 3.59. The Bertz CT molecular complexity index is 778. The van der Waals surface area contributed by atoms with Crippen molar-refractivity contribution in [2.24, 2.45) is 5.10 Å². The van der Waals surface area contributed by atoms with Crippen LogP contribution in [-0.2, 0) is 6.61 Å². The van der Waals surface area contributed by atoms with Gasteiger partial charge >= 0.3 is 0 Å². The zero-order valence-corrected chi connectivity index (χ0v) is 13.6. The average Bonchev–Trinajstić information content (AvgIpc) is 2.64. The highest BCUT2D eigenvalue weighted by atomic mass is 16.5. The van der Waals surface area contributed by atoms with Crippen LogP contribution in [0, 0.1) is 6.92 Å². The first kappa shape index (κ1) is 15.8. The van der Waals surface area contributed by atoms with Crippen LogP contribution in [-0.4, -0.2) is 6.21 Å². The van der Waals surface area contributed by atoms with E-state index in [0.29, 0.717) is 6.61 Å². The number of nitrogens with zero attached hydrogens (tertiary/aromatic N) is 1. The number of aryl methyl sites for hydroxylation is 1. The molecule has 3 nitrogen and oxygen atoms in total. The highest BCUT2D eigenvalue weighted by Gasteiger charge is 1.96. The smallest absolute Gasteiger partial charge is 0.119 e. The number of rotatable bonds is 6. The fraction of sp³-hybridized carbons (Fsp3) is 0.0952. The van der Waals surface area contributed by atoms with E-state index in [-0.39, 0.29) is 0 Å². The first-order chi connectivity index (χ1) is 11.8. The lowest BCUT2D eigenvalue weighted by Crippen LogP contribution is -1.95. The van der Waals surface area contributed by atoms with E-state index in [1.54, 1.807) is 6.21 Å². The van der Waals surface area contributed by atoms with Gasteiger partial charge in [0, 0.05) is 0 Å². The van der Waals surface area contributed by atoms with E-state index in [0.717, 1.165) is 22.6 Å². The Hall–Kier alpha value is -3.07. The van der Waals surface area contributed by atoms with E-state index in [1.165, 1.54) is 5.56 Å². The molecule has 0 spiro atoms. The molecule has 0 aromatic heterocycles. The van der Waals surface area contributed by atoms with E-state index in [9.17, 15) is 0 Å². The summed E-state index contributed by atoms with van der Waals surface area (Å²) in [6.45, 7) is 2.64. The monoisotopic (exact) mass is 316 g/mol. The van der Waals surface area contributed by atoms with Crippen molar-refractivity contribution in [2.45, 2.75) is 13.5 Å². The summed E-state index contributed by atoms with van der Waals surface area (Å²) in [5, 5.41) is 4.25. The van der Waals surface area contributed by atoms with Crippen LogP contribution in [0.15, 0.2) is 84.0 Å². The number of benzene rings is 3. The Morgan fingerprint density at radius 1 is 0.875 bits per heavy atom. The lowest BCUT2D eigenvalue weighted by molar-refractivity contribution is 0.306. The van der Waals surface area contributed by atoms with E-state index < -0.39 is 0 Å². The van der Waals surface area contributed by atoms with Crippen LogP contribution in [0.5, 0.6) is 5.75 Å². The molecule has 0 radical (unpaired) electrons. The van der Waals surface area contributed by atoms with Crippen LogP contribution in [0.4, 0.5) is 5.69 Å². The Labute approximate surface area is 142 Å². The summed E-state index contributed by atoms with van der Waals surface area (Å²) >= 11 is 0. The normalized spacial score (nSPS) is 10.7. The molecule has 3 heteroatoms. The van der Waals surface area contributed by atoms with E-state index in [4.69, 9.17) is 4.74 Å². The summed E-state index contributed by atoms with van der Waals surface area (Å²) in [5.41, 5.74) is 7.40. The van der Waals surface area contributed by atoms with Crippen LogP contribution < -0.4 is 10.2 Å². The van der Waals surface area contributed by atoms with Crippen molar-refractivity contribution in [1.82, 2.24) is 0 Å². The maximum atomic E-state index is 5.77. The second kappa shape index (κ2) is 7.97. The molecule has 24 heavy (non-hydrogen) atoms. The standard InChI is InChI=1S/C21H20N2O/c1-17-7-11-20(12-8-17)23-22-15-18-9-13-21(14-10-18)24-16-19-5-3-2-4-6-19/h2-15,23H,16H2,1H3/b22-15+. The molecule has 120 valence electrons. The molecule has 0 unspecified atom stereocenters. The van der Waals surface area contributed by atoms with Crippen molar-refractivity contribution in [3.63, 3.8) is 0 Å². The number of anilines is 1. The summed E-state index contributed by atoms with van der Waals surface area (Å²) in [6.07, 6.45) is 1.79. The van der Waals surface area contributed by atoms with Crippen LogP contribution in [0.2, 0.25) is 0 Å². The Balaban J connectivity index is 1.52. The zero-order chi connectivity index (χ0) is 16.6. The third-order valence-corrected chi connectivity index (χ3v) is 3.59. The first-order valence-electron chi connectivity index (χ1n) is 7.92. The van der Waals surface area contributed by atoms with Gasteiger partial charge in [-0.05, 0) is 54.4 Å². The Kier molecular flexibility index (Phi) is 5.25. The summed E-state index contributed by atoms with van der Waals surface area (Å²) in [6, 6.07) is 26.1. The number of hydrogen-bond donors (Lipinski definition) is 1.